The van der Waals surface area contributed by atoms with Gasteiger partial charge in [0.1, 0.15) is 17.5 Å². The molecule has 5 nitrogen and oxygen atoms in total. The highest BCUT2D eigenvalue weighted by molar-refractivity contribution is 5.67. The normalized spacial score (nSPS) is 10.8. The van der Waals surface area contributed by atoms with Crippen LogP contribution in [0.4, 0.5) is 17.3 Å². The maximum Gasteiger partial charge on any atom is 0.148 e. The lowest BCUT2D eigenvalue weighted by molar-refractivity contribution is 0.766. The third kappa shape index (κ3) is 3.13. The van der Waals surface area contributed by atoms with Gasteiger partial charge in [-0.25, -0.2) is 15.8 Å². The molecule has 0 fully saturated rings. The van der Waals surface area contributed by atoms with Crippen LogP contribution >= 0.6 is 0 Å². The second-order valence-electron chi connectivity index (χ2n) is 5.26. The Morgan fingerprint density at radius 2 is 1.86 bits per heavy atom. The molecule has 21 heavy (non-hydrogen) atoms. The fraction of sp³-hybridized carbons (Fsp3) is 0.375. The Balaban J connectivity index is 2.57. The molecule has 0 radical (unpaired) electrons. The number of nitrogens with one attached hydrogen (secondary N) is 1. The minimum atomic E-state index is 0.242. The first-order chi connectivity index (χ1) is 10.1. The van der Waals surface area contributed by atoms with Gasteiger partial charge in [-0.15, -0.1) is 0 Å². The van der Waals surface area contributed by atoms with Crippen molar-refractivity contribution in [2.24, 2.45) is 5.84 Å². The van der Waals surface area contributed by atoms with E-state index < -0.39 is 0 Å². The van der Waals surface area contributed by atoms with Gasteiger partial charge < -0.3 is 10.3 Å². The average molecular weight is 285 g/mol. The van der Waals surface area contributed by atoms with Crippen LogP contribution in [-0.2, 0) is 0 Å². The van der Waals surface area contributed by atoms with Crippen LogP contribution in [0.25, 0.3) is 0 Å². The number of hydrogen-bond donors (Lipinski definition) is 2. The van der Waals surface area contributed by atoms with Crippen LogP contribution in [0, 0.1) is 6.92 Å². The summed E-state index contributed by atoms with van der Waals surface area (Å²) >= 11 is 0. The van der Waals surface area contributed by atoms with Gasteiger partial charge in [-0.3, -0.25) is 0 Å². The fourth-order valence-corrected chi connectivity index (χ4v) is 2.25. The van der Waals surface area contributed by atoms with E-state index in [4.69, 9.17) is 10.8 Å². The van der Waals surface area contributed by atoms with E-state index in [1.807, 2.05) is 25.1 Å². The molecule has 2 aromatic rings. The Morgan fingerprint density at radius 3 is 2.38 bits per heavy atom. The number of aromatic nitrogens is 2. The predicted octanol–water partition coefficient (Wildman–Crippen LogP) is 3.35. The van der Waals surface area contributed by atoms with E-state index in [-0.39, 0.29) is 5.92 Å². The zero-order valence-electron chi connectivity index (χ0n) is 13.1. The second-order valence-corrected chi connectivity index (χ2v) is 5.26. The Hall–Kier alpha value is -2.14. The van der Waals surface area contributed by atoms with E-state index in [1.165, 1.54) is 0 Å². The van der Waals surface area contributed by atoms with Crippen molar-refractivity contribution < 1.29 is 0 Å². The molecule has 112 valence electrons. The Labute approximate surface area is 126 Å². The molecule has 0 bridgehead atoms. The molecule has 0 atom stereocenters. The quantitative estimate of drug-likeness (QED) is 0.651. The largest absolute Gasteiger partial charge is 0.326 e. The molecule has 0 amide bonds. The summed E-state index contributed by atoms with van der Waals surface area (Å²) in [4.78, 5) is 11.4. The van der Waals surface area contributed by atoms with E-state index in [1.54, 1.807) is 0 Å². The average Bonchev–Trinajstić information content (AvgIpc) is 2.50. The van der Waals surface area contributed by atoms with Gasteiger partial charge in [-0.2, -0.15) is 0 Å². The summed E-state index contributed by atoms with van der Waals surface area (Å²) < 4.78 is 0. The van der Waals surface area contributed by atoms with Crippen LogP contribution in [-0.4, -0.2) is 16.5 Å². The second kappa shape index (κ2) is 6.54. The molecule has 1 aromatic carbocycles. The van der Waals surface area contributed by atoms with Crippen LogP contribution in [0.15, 0.2) is 30.3 Å². The van der Waals surface area contributed by atoms with Crippen LogP contribution in [0.1, 0.15) is 38.1 Å². The molecule has 0 unspecified atom stereocenters. The van der Waals surface area contributed by atoms with E-state index in [2.05, 4.69) is 48.2 Å². The van der Waals surface area contributed by atoms with Gasteiger partial charge in [0, 0.05) is 23.7 Å². The third-order valence-electron chi connectivity index (χ3n) is 3.43. The predicted molar refractivity (Wildman–Crippen MR) is 87.8 cm³/mol. The first kappa shape index (κ1) is 15.3. The summed E-state index contributed by atoms with van der Waals surface area (Å²) in [6.07, 6.45) is 0. The Kier molecular flexibility index (Phi) is 4.75. The molecule has 5 heteroatoms. The van der Waals surface area contributed by atoms with Crippen LogP contribution in [0.5, 0.6) is 0 Å². The summed E-state index contributed by atoms with van der Waals surface area (Å²) in [5.74, 6) is 8.22. The van der Waals surface area contributed by atoms with Gasteiger partial charge >= 0.3 is 0 Å². The fourth-order valence-electron chi connectivity index (χ4n) is 2.25. The van der Waals surface area contributed by atoms with Crippen LogP contribution in [0.2, 0.25) is 0 Å². The Bertz CT molecular complexity index is 595. The monoisotopic (exact) mass is 285 g/mol. The molecule has 0 saturated heterocycles. The summed E-state index contributed by atoms with van der Waals surface area (Å²) in [5.41, 5.74) is 4.75. The molecule has 0 aliphatic carbocycles. The Morgan fingerprint density at radius 1 is 1.19 bits per heavy atom. The lowest BCUT2D eigenvalue weighted by atomic mass is 10.2. The number of benzene rings is 1. The molecule has 0 spiro atoms. The minimum Gasteiger partial charge on any atom is -0.326 e. The molecule has 1 heterocycles. The van der Waals surface area contributed by atoms with Gasteiger partial charge in [0.05, 0.1) is 0 Å². The summed E-state index contributed by atoms with van der Waals surface area (Å²) in [6.45, 7) is 9.07. The van der Waals surface area contributed by atoms with Gasteiger partial charge in [0.15, 0.2) is 0 Å². The lowest BCUT2D eigenvalue weighted by Gasteiger charge is -2.25. The standard InChI is InChI=1S/C16H23N5/c1-5-21(13-9-7-6-8-10-13)16-12(4)15(20-17)18-14(19-16)11(2)3/h6-11H,5,17H2,1-4H3,(H,18,19,20). The van der Waals surface area contributed by atoms with Crippen molar-refractivity contribution in [1.29, 1.82) is 0 Å². The maximum absolute atomic E-state index is 5.61. The zero-order chi connectivity index (χ0) is 15.4. The molecule has 2 rings (SSSR count). The molecular weight excluding hydrogens is 262 g/mol. The zero-order valence-corrected chi connectivity index (χ0v) is 13.1. The first-order valence-electron chi connectivity index (χ1n) is 7.26. The lowest BCUT2D eigenvalue weighted by Crippen LogP contribution is -2.22. The highest BCUT2D eigenvalue weighted by atomic mass is 15.3. The van der Waals surface area contributed by atoms with Gasteiger partial charge in [-0.05, 0) is 26.0 Å². The third-order valence-corrected chi connectivity index (χ3v) is 3.43. The van der Waals surface area contributed by atoms with Crippen molar-refractivity contribution in [3.05, 3.63) is 41.7 Å². The summed E-state index contributed by atoms with van der Waals surface area (Å²) in [7, 11) is 0. The topological polar surface area (TPSA) is 67.1 Å². The van der Waals surface area contributed by atoms with Crippen molar-refractivity contribution >= 4 is 17.3 Å². The summed E-state index contributed by atoms with van der Waals surface area (Å²) in [5, 5.41) is 0. The maximum atomic E-state index is 5.61. The van der Waals surface area contributed by atoms with Gasteiger partial charge in [-0.1, -0.05) is 32.0 Å². The van der Waals surface area contributed by atoms with Crippen molar-refractivity contribution in [3.8, 4) is 0 Å². The van der Waals surface area contributed by atoms with Crippen molar-refractivity contribution in [3.63, 3.8) is 0 Å². The number of hydrazine groups is 1. The van der Waals surface area contributed by atoms with Crippen molar-refractivity contribution in [2.75, 3.05) is 16.9 Å². The molecule has 0 aliphatic rings. The first-order valence-corrected chi connectivity index (χ1v) is 7.26. The molecule has 1 aromatic heterocycles. The molecule has 3 N–H and O–H groups in total. The number of para-hydroxylation sites is 1. The SMILES string of the molecule is CCN(c1ccccc1)c1nc(C(C)C)nc(NN)c1C. The number of hydrogen-bond acceptors (Lipinski definition) is 5. The number of nitrogens with two attached hydrogens (primary N) is 1. The van der Waals surface area contributed by atoms with E-state index in [0.717, 1.165) is 29.4 Å². The minimum absolute atomic E-state index is 0.242. The number of nitrogens with zero attached hydrogens (tertiary/aromatic N) is 3. The van der Waals surface area contributed by atoms with Crippen LogP contribution < -0.4 is 16.2 Å². The number of nitrogen functional groups attached to an aromatic ring is 1. The molecule has 0 aliphatic heterocycles. The summed E-state index contributed by atoms with van der Waals surface area (Å²) in [6, 6.07) is 10.2. The molecule has 0 saturated carbocycles. The van der Waals surface area contributed by atoms with Crippen molar-refractivity contribution in [2.45, 2.75) is 33.6 Å². The van der Waals surface area contributed by atoms with E-state index >= 15 is 0 Å². The smallest absolute Gasteiger partial charge is 0.148 e. The number of rotatable bonds is 5. The number of anilines is 3. The highest BCUT2D eigenvalue weighted by Crippen LogP contribution is 2.30. The van der Waals surface area contributed by atoms with Crippen LogP contribution in [0.3, 0.4) is 0 Å². The molecular formula is C16H23N5. The van der Waals surface area contributed by atoms with E-state index in [9.17, 15) is 0 Å². The van der Waals surface area contributed by atoms with Crippen molar-refractivity contribution in [1.82, 2.24) is 9.97 Å². The van der Waals surface area contributed by atoms with Gasteiger partial charge in [0.2, 0.25) is 0 Å². The van der Waals surface area contributed by atoms with E-state index in [0.29, 0.717) is 5.82 Å². The highest BCUT2D eigenvalue weighted by Gasteiger charge is 2.17. The van der Waals surface area contributed by atoms with Gasteiger partial charge in [0.25, 0.3) is 0 Å².